The number of pyridine rings is 1. The van der Waals surface area contributed by atoms with Crippen molar-refractivity contribution in [1.29, 1.82) is 0 Å². The molecule has 0 amide bonds. The van der Waals surface area contributed by atoms with E-state index in [1.54, 1.807) is 12.3 Å². The molecule has 0 spiro atoms. The molecule has 4 heteroatoms. The van der Waals surface area contributed by atoms with Crippen molar-refractivity contribution < 1.29 is 9.90 Å². The van der Waals surface area contributed by atoms with E-state index in [2.05, 4.69) is 23.7 Å². The molecule has 0 aromatic carbocycles. The number of hydrogen-bond acceptors (Lipinski definition) is 3. The molecular weight excluding hydrogens is 216 g/mol. The number of nitrogens with zero attached hydrogens (tertiary/aromatic N) is 2. The van der Waals surface area contributed by atoms with Gasteiger partial charge in [0.1, 0.15) is 5.82 Å². The number of carboxylic acid groups (broad SMARTS) is 1. The number of aromatic carboxylic acids is 1. The van der Waals surface area contributed by atoms with Gasteiger partial charge in [0.2, 0.25) is 0 Å². The molecule has 1 aliphatic heterocycles. The highest BCUT2D eigenvalue weighted by atomic mass is 16.4. The summed E-state index contributed by atoms with van der Waals surface area (Å²) in [7, 11) is 0. The fourth-order valence-corrected chi connectivity index (χ4v) is 2.26. The van der Waals surface area contributed by atoms with Crippen LogP contribution < -0.4 is 4.90 Å². The van der Waals surface area contributed by atoms with Gasteiger partial charge < -0.3 is 10.0 Å². The topological polar surface area (TPSA) is 53.4 Å². The highest BCUT2D eigenvalue weighted by molar-refractivity contribution is 5.88. The monoisotopic (exact) mass is 234 g/mol. The van der Waals surface area contributed by atoms with E-state index in [-0.39, 0.29) is 0 Å². The minimum atomic E-state index is -0.895. The summed E-state index contributed by atoms with van der Waals surface area (Å²) in [6.45, 7) is 6.41. The standard InChI is InChI=1S/C13H18N2O2/c1-9(2)11-4-6-15(8-11)12-7-10(13(16)17)3-5-14-12/h3,5,7,9,11H,4,6,8H2,1-2H3,(H,16,17). The molecule has 1 saturated heterocycles. The van der Waals surface area contributed by atoms with Gasteiger partial charge in [-0.3, -0.25) is 0 Å². The zero-order chi connectivity index (χ0) is 12.4. The van der Waals surface area contributed by atoms with Gasteiger partial charge in [0.25, 0.3) is 0 Å². The summed E-state index contributed by atoms with van der Waals surface area (Å²) in [5.41, 5.74) is 0.308. The third-order valence-electron chi connectivity index (χ3n) is 3.48. The van der Waals surface area contributed by atoms with E-state index in [0.717, 1.165) is 25.3 Å². The van der Waals surface area contributed by atoms with Crippen LogP contribution in [-0.2, 0) is 0 Å². The lowest BCUT2D eigenvalue weighted by Crippen LogP contribution is -2.22. The first kappa shape index (κ1) is 11.9. The highest BCUT2D eigenvalue weighted by Gasteiger charge is 2.25. The van der Waals surface area contributed by atoms with Crippen LogP contribution in [0.5, 0.6) is 0 Å². The average Bonchev–Trinajstić information content (AvgIpc) is 2.78. The third-order valence-corrected chi connectivity index (χ3v) is 3.48. The summed E-state index contributed by atoms with van der Waals surface area (Å²) in [4.78, 5) is 17.3. The Labute approximate surface area is 101 Å². The van der Waals surface area contributed by atoms with E-state index in [1.165, 1.54) is 6.07 Å². The lowest BCUT2D eigenvalue weighted by atomic mass is 9.95. The number of rotatable bonds is 3. The molecule has 1 atom stereocenters. The maximum Gasteiger partial charge on any atom is 0.335 e. The largest absolute Gasteiger partial charge is 0.478 e. The fraction of sp³-hybridized carbons (Fsp3) is 0.538. The number of anilines is 1. The summed E-state index contributed by atoms with van der Waals surface area (Å²) in [6, 6.07) is 3.19. The first-order chi connectivity index (χ1) is 8.08. The van der Waals surface area contributed by atoms with Crippen LogP contribution in [0.15, 0.2) is 18.3 Å². The predicted octanol–water partition coefficient (Wildman–Crippen LogP) is 2.26. The number of carbonyl (C=O) groups is 1. The number of aromatic nitrogens is 1. The van der Waals surface area contributed by atoms with Crippen LogP contribution in [0.1, 0.15) is 30.6 Å². The van der Waals surface area contributed by atoms with Gasteiger partial charge in [0.05, 0.1) is 5.56 Å². The second-order valence-corrected chi connectivity index (χ2v) is 4.95. The van der Waals surface area contributed by atoms with Crippen LogP contribution in [0, 0.1) is 11.8 Å². The molecule has 1 aromatic rings. The molecule has 0 radical (unpaired) electrons. The van der Waals surface area contributed by atoms with Crippen molar-refractivity contribution in [2.24, 2.45) is 11.8 Å². The molecule has 0 aliphatic carbocycles. The summed E-state index contributed by atoms with van der Waals surface area (Å²) in [6.07, 6.45) is 2.73. The zero-order valence-corrected chi connectivity index (χ0v) is 10.3. The Morgan fingerprint density at radius 3 is 2.94 bits per heavy atom. The van der Waals surface area contributed by atoms with Crippen molar-refractivity contribution in [1.82, 2.24) is 4.98 Å². The molecule has 2 rings (SSSR count). The summed E-state index contributed by atoms with van der Waals surface area (Å²) >= 11 is 0. The smallest absolute Gasteiger partial charge is 0.335 e. The molecule has 1 fully saturated rings. The van der Waals surface area contributed by atoms with Crippen LogP contribution in [0.25, 0.3) is 0 Å². The third kappa shape index (κ3) is 2.57. The normalized spacial score (nSPS) is 19.9. The van der Waals surface area contributed by atoms with E-state index < -0.39 is 5.97 Å². The minimum Gasteiger partial charge on any atom is -0.478 e. The maximum absolute atomic E-state index is 10.9. The SMILES string of the molecule is CC(C)C1CCN(c2cc(C(=O)O)ccn2)C1. The first-order valence-corrected chi connectivity index (χ1v) is 6.02. The van der Waals surface area contributed by atoms with Gasteiger partial charge in [0, 0.05) is 19.3 Å². The zero-order valence-electron chi connectivity index (χ0n) is 10.3. The van der Waals surface area contributed by atoms with Crippen LogP contribution in [0.2, 0.25) is 0 Å². The number of carboxylic acids is 1. The molecule has 0 saturated carbocycles. The molecule has 17 heavy (non-hydrogen) atoms. The Bertz CT molecular complexity index is 418. The summed E-state index contributed by atoms with van der Waals surface area (Å²) < 4.78 is 0. The van der Waals surface area contributed by atoms with Crippen molar-refractivity contribution in [3.63, 3.8) is 0 Å². The molecule has 1 N–H and O–H groups in total. The van der Waals surface area contributed by atoms with Gasteiger partial charge in [-0.25, -0.2) is 9.78 Å². The second-order valence-electron chi connectivity index (χ2n) is 4.95. The van der Waals surface area contributed by atoms with Crippen LogP contribution in [0.3, 0.4) is 0 Å². The highest BCUT2D eigenvalue weighted by Crippen LogP contribution is 2.27. The average molecular weight is 234 g/mol. The molecule has 1 aromatic heterocycles. The first-order valence-electron chi connectivity index (χ1n) is 6.02. The van der Waals surface area contributed by atoms with Gasteiger partial charge in [-0.15, -0.1) is 0 Å². The van der Waals surface area contributed by atoms with Crippen LogP contribution in [-0.4, -0.2) is 29.1 Å². The van der Waals surface area contributed by atoms with E-state index in [4.69, 9.17) is 5.11 Å². The predicted molar refractivity (Wildman–Crippen MR) is 66.4 cm³/mol. The van der Waals surface area contributed by atoms with Crippen LogP contribution in [0.4, 0.5) is 5.82 Å². The second kappa shape index (κ2) is 4.73. The molecule has 92 valence electrons. The maximum atomic E-state index is 10.9. The quantitative estimate of drug-likeness (QED) is 0.871. The minimum absolute atomic E-state index is 0.308. The van der Waals surface area contributed by atoms with Gasteiger partial charge in [-0.05, 0) is 30.4 Å². The van der Waals surface area contributed by atoms with Crippen molar-refractivity contribution in [3.8, 4) is 0 Å². The Morgan fingerprint density at radius 1 is 1.59 bits per heavy atom. The Kier molecular flexibility index (Phi) is 3.31. The van der Waals surface area contributed by atoms with E-state index in [0.29, 0.717) is 17.4 Å². The Balaban J connectivity index is 2.13. The van der Waals surface area contributed by atoms with Gasteiger partial charge in [0.15, 0.2) is 0 Å². The fourth-order valence-electron chi connectivity index (χ4n) is 2.26. The van der Waals surface area contributed by atoms with Crippen LogP contribution >= 0.6 is 0 Å². The Hall–Kier alpha value is -1.58. The van der Waals surface area contributed by atoms with E-state index in [9.17, 15) is 4.79 Å². The lowest BCUT2D eigenvalue weighted by molar-refractivity contribution is 0.0697. The molecule has 1 unspecified atom stereocenters. The molecule has 2 heterocycles. The van der Waals surface area contributed by atoms with E-state index >= 15 is 0 Å². The van der Waals surface area contributed by atoms with Crippen molar-refractivity contribution in [3.05, 3.63) is 23.9 Å². The Morgan fingerprint density at radius 2 is 2.35 bits per heavy atom. The molecule has 0 bridgehead atoms. The molecule has 4 nitrogen and oxygen atoms in total. The van der Waals surface area contributed by atoms with Gasteiger partial charge >= 0.3 is 5.97 Å². The van der Waals surface area contributed by atoms with Crippen molar-refractivity contribution in [2.75, 3.05) is 18.0 Å². The van der Waals surface area contributed by atoms with Gasteiger partial charge in [-0.2, -0.15) is 0 Å². The van der Waals surface area contributed by atoms with E-state index in [1.807, 2.05) is 0 Å². The summed E-state index contributed by atoms with van der Waals surface area (Å²) in [5.74, 6) is 1.24. The molecular formula is C13H18N2O2. The lowest BCUT2D eigenvalue weighted by Gasteiger charge is -2.19. The van der Waals surface area contributed by atoms with Crippen molar-refractivity contribution >= 4 is 11.8 Å². The van der Waals surface area contributed by atoms with Crippen molar-refractivity contribution in [2.45, 2.75) is 20.3 Å². The van der Waals surface area contributed by atoms with Gasteiger partial charge in [-0.1, -0.05) is 13.8 Å². The summed E-state index contributed by atoms with van der Waals surface area (Å²) in [5, 5.41) is 8.95. The molecule has 1 aliphatic rings. The number of hydrogen-bond donors (Lipinski definition) is 1.